The van der Waals surface area contributed by atoms with Gasteiger partial charge in [-0.15, -0.1) is 0 Å². The first-order chi connectivity index (χ1) is 17.6. The van der Waals surface area contributed by atoms with Crippen LogP contribution in [0.4, 0.5) is 0 Å². The van der Waals surface area contributed by atoms with E-state index in [0.29, 0.717) is 49.3 Å². The lowest BCUT2D eigenvalue weighted by Gasteiger charge is -2.26. The van der Waals surface area contributed by atoms with Crippen molar-refractivity contribution in [2.75, 3.05) is 13.7 Å². The van der Waals surface area contributed by atoms with Gasteiger partial charge in [0.15, 0.2) is 4.80 Å². The molecule has 0 aliphatic carbocycles. The van der Waals surface area contributed by atoms with Gasteiger partial charge in [-0.1, -0.05) is 38.9 Å². The lowest BCUT2D eigenvalue weighted by molar-refractivity contribution is -0.143. The topological polar surface area (TPSA) is 79.1 Å². The molecule has 194 valence electrons. The molecule has 0 amide bonds. The number of hydrogen-bond donors (Lipinski definition) is 0. The Morgan fingerprint density at radius 1 is 1.24 bits per heavy atom. The molecular weight excluding hydrogens is 580 g/mol. The number of methoxy groups -OCH3 is 1. The van der Waals surface area contributed by atoms with Gasteiger partial charge in [0.1, 0.15) is 17.5 Å². The Labute approximate surface area is 231 Å². The van der Waals surface area contributed by atoms with Crippen LogP contribution in [0.15, 0.2) is 61.9 Å². The number of carbonyl (C=O) groups is 1. The van der Waals surface area contributed by atoms with Gasteiger partial charge >= 0.3 is 5.97 Å². The first kappa shape index (κ1) is 27.2. The number of hydrogen-bond acceptors (Lipinski definition) is 7. The molecule has 0 unspecified atom stereocenters. The van der Waals surface area contributed by atoms with Crippen LogP contribution >= 0.6 is 38.9 Å². The van der Waals surface area contributed by atoms with Crippen LogP contribution in [0.2, 0.25) is 5.02 Å². The summed E-state index contributed by atoms with van der Waals surface area (Å²) >= 11 is 11.0. The first-order valence-electron chi connectivity index (χ1n) is 11.6. The van der Waals surface area contributed by atoms with Crippen molar-refractivity contribution in [1.82, 2.24) is 4.57 Å². The van der Waals surface area contributed by atoms with Gasteiger partial charge in [0.25, 0.3) is 5.56 Å². The molecule has 1 aromatic heterocycles. The summed E-state index contributed by atoms with van der Waals surface area (Å²) in [5.74, 6) is 0.604. The van der Waals surface area contributed by atoms with Crippen LogP contribution in [0.1, 0.15) is 44.9 Å². The van der Waals surface area contributed by atoms with Crippen LogP contribution in [0.5, 0.6) is 11.5 Å². The highest BCUT2D eigenvalue weighted by molar-refractivity contribution is 9.10. The summed E-state index contributed by atoms with van der Waals surface area (Å²) in [6.45, 7) is 7.65. The molecule has 0 bridgehead atoms. The second-order valence-corrected chi connectivity index (χ2v) is 10.9. The number of fused-ring (bicyclic) bond motifs is 1. The first-order valence-corrected chi connectivity index (χ1v) is 13.6. The smallest absolute Gasteiger partial charge is 0.338 e. The number of ether oxygens (including phenoxy) is 3. The highest BCUT2D eigenvalue weighted by atomic mass is 79.9. The average molecular weight is 606 g/mol. The Morgan fingerprint density at radius 2 is 1.97 bits per heavy atom. The number of rotatable bonds is 7. The number of thiazole rings is 1. The number of nitrogens with zero attached hydrogens (tertiary/aromatic N) is 2. The Hall–Kier alpha value is -2.88. The minimum absolute atomic E-state index is 0.279. The van der Waals surface area contributed by atoms with Gasteiger partial charge < -0.3 is 14.2 Å². The minimum Gasteiger partial charge on any atom is -0.496 e. The average Bonchev–Trinajstić information content (AvgIpc) is 3.13. The predicted molar refractivity (Wildman–Crippen MR) is 148 cm³/mol. The van der Waals surface area contributed by atoms with Crippen molar-refractivity contribution in [2.24, 2.45) is 4.99 Å². The zero-order valence-corrected chi connectivity index (χ0v) is 24.2. The van der Waals surface area contributed by atoms with Gasteiger partial charge in [-0.3, -0.25) is 9.36 Å². The van der Waals surface area contributed by atoms with Crippen molar-refractivity contribution in [2.45, 2.75) is 39.8 Å². The molecule has 1 aliphatic heterocycles. The number of halogens is 2. The van der Waals surface area contributed by atoms with Crippen LogP contribution in [0.25, 0.3) is 6.08 Å². The maximum absolute atomic E-state index is 13.9. The van der Waals surface area contributed by atoms with Gasteiger partial charge in [-0.05, 0) is 70.2 Å². The van der Waals surface area contributed by atoms with Crippen LogP contribution in [-0.2, 0) is 9.53 Å². The molecule has 0 saturated carbocycles. The molecule has 4 rings (SSSR count). The summed E-state index contributed by atoms with van der Waals surface area (Å²) < 4.78 is 19.7. The molecule has 0 N–H and O–H groups in total. The molecule has 0 fully saturated rings. The third-order valence-electron chi connectivity index (χ3n) is 5.63. The maximum atomic E-state index is 13.9. The van der Waals surface area contributed by atoms with E-state index in [0.717, 1.165) is 4.47 Å². The summed E-state index contributed by atoms with van der Waals surface area (Å²) in [4.78, 5) is 32.3. The normalized spacial score (nSPS) is 15.5. The molecule has 37 heavy (non-hydrogen) atoms. The van der Waals surface area contributed by atoms with Crippen molar-refractivity contribution in [3.8, 4) is 11.5 Å². The predicted octanol–water partition coefficient (Wildman–Crippen LogP) is 5.01. The number of esters is 1. The standard InChI is InChI=1S/C27H26BrClN2O5S/c1-6-35-20-10-8-18(29)11-16(20)12-22-25(32)31-24(19-13-17(28)7-9-21(19)34-5)23(26(33)36-14(2)3)15(4)30-27(31)37-22/h7-14,24H,6H2,1-5H3/b22-12-/t24-/m0/s1. The molecule has 0 saturated heterocycles. The van der Waals surface area contributed by atoms with E-state index in [1.807, 2.05) is 19.1 Å². The summed E-state index contributed by atoms with van der Waals surface area (Å²) in [5, 5.41) is 0.522. The number of carbonyl (C=O) groups excluding carboxylic acids is 1. The number of allylic oxidation sites excluding steroid dienone is 1. The maximum Gasteiger partial charge on any atom is 0.338 e. The van der Waals surface area contributed by atoms with E-state index in [2.05, 4.69) is 20.9 Å². The quantitative estimate of drug-likeness (QED) is 0.354. The van der Waals surface area contributed by atoms with E-state index >= 15 is 0 Å². The molecule has 2 aromatic carbocycles. The molecular formula is C27H26BrClN2O5S. The lowest BCUT2D eigenvalue weighted by atomic mass is 9.95. The Balaban J connectivity index is 2.01. The van der Waals surface area contributed by atoms with E-state index in [9.17, 15) is 9.59 Å². The van der Waals surface area contributed by atoms with Gasteiger partial charge in [0, 0.05) is 20.6 Å². The van der Waals surface area contributed by atoms with Gasteiger partial charge in [-0.2, -0.15) is 0 Å². The van der Waals surface area contributed by atoms with Crippen molar-refractivity contribution < 1.29 is 19.0 Å². The van der Waals surface area contributed by atoms with Gasteiger partial charge in [-0.25, -0.2) is 9.79 Å². The van der Waals surface area contributed by atoms with Crippen LogP contribution < -0.4 is 24.4 Å². The minimum atomic E-state index is -0.803. The van der Waals surface area contributed by atoms with Crippen LogP contribution in [-0.4, -0.2) is 30.4 Å². The van der Waals surface area contributed by atoms with Gasteiger partial charge in [0.05, 0.1) is 35.6 Å². The van der Waals surface area contributed by atoms with Crippen LogP contribution in [0.3, 0.4) is 0 Å². The van der Waals surface area contributed by atoms with Crippen molar-refractivity contribution in [3.63, 3.8) is 0 Å². The summed E-state index contributed by atoms with van der Waals surface area (Å²) in [6.07, 6.45) is 1.39. The third-order valence-corrected chi connectivity index (χ3v) is 7.34. The van der Waals surface area contributed by atoms with E-state index < -0.39 is 12.0 Å². The van der Waals surface area contributed by atoms with Crippen molar-refractivity contribution in [1.29, 1.82) is 0 Å². The number of aromatic nitrogens is 1. The summed E-state index contributed by atoms with van der Waals surface area (Å²) in [7, 11) is 1.55. The molecule has 0 spiro atoms. The lowest BCUT2D eigenvalue weighted by Crippen LogP contribution is -2.40. The molecule has 7 nitrogen and oxygen atoms in total. The van der Waals surface area contributed by atoms with Crippen LogP contribution in [0, 0.1) is 0 Å². The molecule has 3 aromatic rings. The highest BCUT2D eigenvalue weighted by Gasteiger charge is 2.35. The second-order valence-electron chi connectivity index (χ2n) is 8.54. The fourth-order valence-corrected chi connectivity index (χ4v) is 5.73. The molecule has 1 aliphatic rings. The largest absolute Gasteiger partial charge is 0.496 e. The molecule has 2 heterocycles. The fourth-order valence-electron chi connectivity index (χ4n) is 4.13. The summed E-state index contributed by atoms with van der Waals surface area (Å²) in [5.41, 5.74) is 1.75. The molecule has 1 atom stereocenters. The van der Waals surface area contributed by atoms with Gasteiger partial charge in [0.2, 0.25) is 0 Å². The summed E-state index contributed by atoms with van der Waals surface area (Å²) in [6, 6.07) is 9.92. The Morgan fingerprint density at radius 3 is 2.65 bits per heavy atom. The highest BCUT2D eigenvalue weighted by Crippen LogP contribution is 2.37. The second kappa shape index (κ2) is 11.2. The van der Waals surface area contributed by atoms with E-state index in [1.54, 1.807) is 58.2 Å². The third kappa shape index (κ3) is 5.54. The van der Waals surface area contributed by atoms with Crippen molar-refractivity contribution >= 4 is 50.9 Å². The zero-order valence-electron chi connectivity index (χ0n) is 21.0. The Kier molecular flexibility index (Phi) is 8.26. The SMILES string of the molecule is CCOc1ccc(Cl)cc1/C=c1\sc2n(c1=O)[C@@H](c1cc(Br)ccc1OC)C(C(=O)OC(C)C)=C(C)N=2. The molecule has 10 heteroatoms. The molecule has 0 radical (unpaired) electrons. The van der Waals surface area contributed by atoms with E-state index in [1.165, 1.54) is 15.9 Å². The number of benzene rings is 2. The fraction of sp³-hybridized carbons (Fsp3) is 0.296. The zero-order chi connectivity index (χ0) is 26.9. The monoisotopic (exact) mass is 604 g/mol. The Bertz CT molecular complexity index is 1570. The van der Waals surface area contributed by atoms with E-state index in [-0.39, 0.29) is 17.2 Å². The van der Waals surface area contributed by atoms with E-state index in [4.69, 9.17) is 25.8 Å². The van der Waals surface area contributed by atoms with Crippen molar-refractivity contribution in [3.05, 3.63) is 88.0 Å².